The van der Waals surface area contributed by atoms with Crippen LogP contribution in [0.4, 0.5) is 4.39 Å². The molecule has 6 heteroatoms. The number of halogens is 1. The van der Waals surface area contributed by atoms with E-state index in [-0.39, 0.29) is 18.5 Å². The molecule has 1 aliphatic carbocycles. The van der Waals surface area contributed by atoms with Crippen molar-refractivity contribution in [3.8, 4) is 11.5 Å². The number of benzene rings is 1. The first-order valence-corrected chi connectivity index (χ1v) is 8.03. The Hall–Kier alpha value is -1.27. The van der Waals surface area contributed by atoms with Crippen molar-refractivity contribution < 1.29 is 18.7 Å². The average molecular weight is 327 g/mol. The molecule has 0 spiro atoms. The summed E-state index contributed by atoms with van der Waals surface area (Å²) in [5.41, 5.74) is 0. The van der Waals surface area contributed by atoms with Gasteiger partial charge >= 0.3 is 0 Å². The fourth-order valence-corrected chi connectivity index (χ4v) is 2.35. The maximum Gasteiger partial charge on any atom is 0.182 e. The standard InChI is InChI=1S/C16H22FNO3S/c1-3-18-12-6-15(7-12)21-14-5-11(17)4-13(8-14)20-9-16(19)10(2)22/h4-5,8,10,12,15,18,22H,3,6-7,9H2,1-2H3/t10?,12-,15+. The van der Waals surface area contributed by atoms with Crippen molar-refractivity contribution in [2.24, 2.45) is 0 Å². The van der Waals surface area contributed by atoms with Crippen LogP contribution in [0.2, 0.25) is 0 Å². The van der Waals surface area contributed by atoms with Crippen molar-refractivity contribution in [1.29, 1.82) is 0 Å². The van der Waals surface area contributed by atoms with Crippen LogP contribution in [0.1, 0.15) is 26.7 Å². The number of carbonyl (C=O) groups excluding carboxylic acids is 1. The molecule has 0 bridgehead atoms. The molecule has 1 saturated carbocycles. The van der Waals surface area contributed by atoms with E-state index in [9.17, 15) is 9.18 Å². The van der Waals surface area contributed by atoms with E-state index in [1.807, 2.05) is 0 Å². The number of thiol groups is 1. The van der Waals surface area contributed by atoms with Crippen LogP contribution in [0.3, 0.4) is 0 Å². The Morgan fingerprint density at radius 2 is 2.09 bits per heavy atom. The molecule has 1 aromatic rings. The van der Waals surface area contributed by atoms with Crippen molar-refractivity contribution in [3.63, 3.8) is 0 Å². The van der Waals surface area contributed by atoms with E-state index in [2.05, 4.69) is 24.9 Å². The van der Waals surface area contributed by atoms with Crippen LogP contribution >= 0.6 is 12.6 Å². The Bertz CT molecular complexity index is 518. The van der Waals surface area contributed by atoms with Gasteiger partial charge in [0.15, 0.2) is 5.78 Å². The third kappa shape index (κ3) is 4.88. The molecule has 1 fully saturated rings. The van der Waals surface area contributed by atoms with E-state index < -0.39 is 11.1 Å². The van der Waals surface area contributed by atoms with E-state index in [0.717, 1.165) is 19.4 Å². The lowest BCUT2D eigenvalue weighted by Gasteiger charge is -2.35. The number of ether oxygens (including phenoxy) is 2. The van der Waals surface area contributed by atoms with E-state index in [4.69, 9.17) is 9.47 Å². The number of hydrogen-bond donors (Lipinski definition) is 2. The molecule has 122 valence electrons. The van der Waals surface area contributed by atoms with Gasteiger partial charge in [0.1, 0.15) is 30.0 Å². The monoisotopic (exact) mass is 327 g/mol. The predicted molar refractivity (Wildman–Crippen MR) is 86.5 cm³/mol. The molecule has 2 rings (SSSR count). The molecule has 0 heterocycles. The maximum atomic E-state index is 13.6. The lowest BCUT2D eigenvalue weighted by Crippen LogP contribution is -2.46. The summed E-state index contributed by atoms with van der Waals surface area (Å²) >= 11 is 4.04. The topological polar surface area (TPSA) is 47.6 Å². The van der Waals surface area contributed by atoms with Gasteiger partial charge in [-0.3, -0.25) is 4.79 Å². The van der Waals surface area contributed by atoms with Gasteiger partial charge < -0.3 is 14.8 Å². The fourth-order valence-electron chi connectivity index (χ4n) is 2.27. The van der Waals surface area contributed by atoms with Gasteiger partial charge in [-0.25, -0.2) is 4.39 Å². The molecule has 1 atom stereocenters. The summed E-state index contributed by atoms with van der Waals surface area (Å²) in [6.07, 6.45) is 1.92. The third-order valence-corrected chi connectivity index (χ3v) is 3.87. The third-order valence-electron chi connectivity index (χ3n) is 3.58. The predicted octanol–water partition coefficient (Wildman–Crippen LogP) is 2.61. The van der Waals surface area contributed by atoms with Crippen LogP contribution in [0.25, 0.3) is 0 Å². The highest BCUT2D eigenvalue weighted by Gasteiger charge is 2.30. The highest BCUT2D eigenvalue weighted by molar-refractivity contribution is 7.81. The van der Waals surface area contributed by atoms with Crippen LogP contribution in [-0.2, 0) is 4.79 Å². The van der Waals surface area contributed by atoms with E-state index in [1.165, 1.54) is 12.1 Å². The molecule has 1 aromatic carbocycles. The van der Waals surface area contributed by atoms with E-state index >= 15 is 0 Å². The molecule has 0 aromatic heterocycles. The highest BCUT2D eigenvalue weighted by atomic mass is 32.1. The van der Waals surface area contributed by atoms with Crippen LogP contribution < -0.4 is 14.8 Å². The van der Waals surface area contributed by atoms with Gasteiger partial charge in [0.25, 0.3) is 0 Å². The Kier molecular flexibility index (Phi) is 6.08. The summed E-state index contributed by atoms with van der Waals surface area (Å²) in [4.78, 5) is 11.5. The highest BCUT2D eigenvalue weighted by Crippen LogP contribution is 2.29. The normalized spacial score (nSPS) is 21.8. The second-order valence-electron chi connectivity index (χ2n) is 5.52. The van der Waals surface area contributed by atoms with E-state index in [0.29, 0.717) is 17.5 Å². The zero-order valence-electron chi connectivity index (χ0n) is 12.8. The molecule has 22 heavy (non-hydrogen) atoms. The molecule has 1 aliphatic rings. The Balaban J connectivity index is 1.89. The number of nitrogens with one attached hydrogen (secondary N) is 1. The van der Waals surface area contributed by atoms with Gasteiger partial charge in [-0.2, -0.15) is 12.6 Å². The van der Waals surface area contributed by atoms with Crippen molar-refractivity contribution in [2.45, 2.75) is 44.1 Å². The Morgan fingerprint density at radius 3 is 2.73 bits per heavy atom. The lowest BCUT2D eigenvalue weighted by molar-refractivity contribution is -0.120. The quantitative estimate of drug-likeness (QED) is 0.721. The number of Topliss-reactive ketones (excluding diaryl/α,β-unsaturated/α-hetero) is 1. The molecule has 1 unspecified atom stereocenters. The number of rotatable bonds is 8. The first-order valence-electron chi connectivity index (χ1n) is 7.52. The SMILES string of the molecule is CCN[C@H]1C[C@@H](Oc2cc(F)cc(OCC(=O)C(C)S)c2)C1. The van der Waals surface area contributed by atoms with Crippen LogP contribution in [0.5, 0.6) is 11.5 Å². The maximum absolute atomic E-state index is 13.6. The molecular formula is C16H22FNO3S. The minimum atomic E-state index is -0.443. The molecule has 4 nitrogen and oxygen atoms in total. The molecule has 0 saturated heterocycles. The molecule has 1 N–H and O–H groups in total. The number of ketones is 1. The van der Waals surface area contributed by atoms with Crippen molar-refractivity contribution in [1.82, 2.24) is 5.32 Å². The minimum absolute atomic E-state index is 0.0952. The van der Waals surface area contributed by atoms with Gasteiger partial charge in [0.2, 0.25) is 0 Å². The first kappa shape index (κ1) is 17.1. The average Bonchev–Trinajstić information content (AvgIpc) is 2.42. The van der Waals surface area contributed by atoms with E-state index in [1.54, 1.807) is 13.0 Å². The minimum Gasteiger partial charge on any atom is -0.490 e. The zero-order chi connectivity index (χ0) is 16.1. The lowest BCUT2D eigenvalue weighted by atomic mass is 9.89. The van der Waals surface area contributed by atoms with Crippen molar-refractivity contribution in [2.75, 3.05) is 13.2 Å². The van der Waals surface area contributed by atoms with Gasteiger partial charge in [-0.15, -0.1) is 0 Å². The zero-order valence-corrected chi connectivity index (χ0v) is 13.7. The molecule has 0 amide bonds. The summed E-state index contributed by atoms with van der Waals surface area (Å²) in [6, 6.07) is 4.66. The second-order valence-corrected chi connectivity index (χ2v) is 6.29. The Morgan fingerprint density at radius 1 is 1.41 bits per heavy atom. The summed E-state index contributed by atoms with van der Waals surface area (Å²) in [5, 5.41) is 2.94. The molecule has 0 aliphatic heterocycles. The number of hydrogen-bond acceptors (Lipinski definition) is 5. The summed E-state index contributed by atoms with van der Waals surface area (Å²) < 4.78 is 24.7. The largest absolute Gasteiger partial charge is 0.490 e. The number of carbonyl (C=O) groups is 1. The second kappa shape index (κ2) is 7.83. The first-order chi connectivity index (χ1) is 10.5. The van der Waals surface area contributed by atoms with Crippen molar-refractivity contribution in [3.05, 3.63) is 24.0 Å². The van der Waals surface area contributed by atoms with Gasteiger partial charge in [0.05, 0.1) is 5.25 Å². The summed E-state index contributed by atoms with van der Waals surface area (Å²) in [5.74, 6) is 0.130. The van der Waals surface area contributed by atoms with Gasteiger partial charge in [-0.05, 0) is 26.3 Å². The smallest absolute Gasteiger partial charge is 0.182 e. The molecular weight excluding hydrogens is 305 g/mol. The Labute approximate surface area is 135 Å². The summed E-state index contributed by atoms with van der Waals surface area (Å²) in [6.45, 7) is 4.55. The van der Waals surface area contributed by atoms with Gasteiger partial charge in [-0.1, -0.05) is 6.92 Å². The summed E-state index contributed by atoms with van der Waals surface area (Å²) in [7, 11) is 0. The molecule has 0 radical (unpaired) electrons. The van der Waals surface area contributed by atoms with Crippen LogP contribution in [-0.4, -0.2) is 36.3 Å². The van der Waals surface area contributed by atoms with Crippen LogP contribution in [0, 0.1) is 5.82 Å². The van der Waals surface area contributed by atoms with Gasteiger partial charge in [0, 0.05) is 24.2 Å². The van der Waals surface area contributed by atoms with Crippen LogP contribution in [0.15, 0.2) is 18.2 Å². The van der Waals surface area contributed by atoms with Crippen molar-refractivity contribution >= 4 is 18.4 Å². The fraction of sp³-hybridized carbons (Fsp3) is 0.562.